The molecule has 2 aliphatic rings. The molecule has 1 atom stereocenters. The lowest BCUT2D eigenvalue weighted by atomic mass is 9.93. The third-order valence-corrected chi connectivity index (χ3v) is 4.31. The number of nitrogens with one attached hydrogen (secondary N) is 1. The minimum absolute atomic E-state index is 0.444. The summed E-state index contributed by atoms with van der Waals surface area (Å²) < 4.78 is 5.34. The van der Waals surface area contributed by atoms with Gasteiger partial charge in [-0.05, 0) is 19.3 Å². The molecule has 16 heavy (non-hydrogen) atoms. The fourth-order valence-electron chi connectivity index (χ4n) is 3.36. The van der Waals surface area contributed by atoms with Crippen molar-refractivity contribution in [3.8, 4) is 0 Å². The molecule has 2 fully saturated rings. The highest BCUT2D eigenvalue weighted by Gasteiger charge is 2.38. The Morgan fingerprint density at radius 3 is 2.75 bits per heavy atom. The first kappa shape index (κ1) is 12.3. The fourth-order valence-corrected chi connectivity index (χ4v) is 3.36. The zero-order chi connectivity index (χ0) is 11.4. The van der Waals surface area contributed by atoms with Gasteiger partial charge in [-0.15, -0.1) is 0 Å². The first-order valence-corrected chi connectivity index (χ1v) is 6.78. The van der Waals surface area contributed by atoms with Crippen molar-refractivity contribution in [2.45, 2.75) is 50.6 Å². The van der Waals surface area contributed by atoms with Crippen molar-refractivity contribution in [1.82, 2.24) is 10.2 Å². The number of piperazine rings is 1. The number of ether oxygens (including phenoxy) is 1. The molecule has 0 aromatic rings. The monoisotopic (exact) mass is 226 g/mol. The van der Waals surface area contributed by atoms with Gasteiger partial charge in [0.05, 0.1) is 6.61 Å². The molecule has 0 amide bonds. The molecule has 1 saturated heterocycles. The molecular weight excluding hydrogens is 200 g/mol. The second-order valence-electron chi connectivity index (χ2n) is 5.40. The van der Waals surface area contributed by atoms with Crippen molar-refractivity contribution in [2.24, 2.45) is 0 Å². The van der Waals surface area contributed by atoms with E-state index in [2.05, 4.69) is 17.1 Å². The van der Waals surface area contributed by atoms with Crippen molar-refractivity contribution in [1.29, 1.82) is 0 Å². The average Bonchev–Trinajstić information content (AvgIpc) is 2.74. The molecule has 1 spiro atoms. The van der Waals surface area contributed by atoms with Crippen LogP contribution in [0, 0.1) is 0 Å². The van der Waals surface area contributed by atoms with Gasteiger partial charge in [-0.3, -0.25) is 4.90 Å². The lowest BCUT2D eigenvalue weighted by Crippen LogP contribution is -2.61. The van der Waals surface area contributed by atoms with Gasteiger partial charge in [0.15, 0.2) is 0 Å². The Morgan fingerprint density at radius 1 is 1.38 bits per heavy atom. The van der Waals surface area contributed by atoms with Crippen molar-refractivity contribution < 1.29 is 4.74 Å². The molecule has 3 heteroatoms. The van der Waals surface area contributed by atoms with E-state index < -0.39 is 0 Å². The zero-order valence-corrected chi connectivity index (χ0v) is 10.8. The topological polar surface area (TPSA) is 24.5 Å². The van der Waals surface area contributed by atoms with Crippen LogP contribution in [0.3, 0.4) is 0 Å². The molecule has 1 heterocycles. The molecule has 1 saturated carbocycles. The van der Waals surface area contributed by atoms with Crippen LogP contribution in [0.2, 0.25) is 0 Å². The minimum atomic E-state index is 0.444. The number of nitrogens with zero attached hydrogens (tertiary/aromatic N) is 1. The van der Waals surface area contributed by atoms with Crippen LogP contribution in [0.15, 0.2) is 0 Å². The van der Waals surface area contributed by atoms with E-state index in [0.29, 0.717) is 11.6 Å². The molecule has 0 bridgehead atoms. The SMILES string of the molecule is CCC(COC)N1CCNC2(CCCC2)C1. The highest BCUT2D eigenvalue weighted by molar-refractivity contribution is 4.99. The van der Waals surface area contributed by atoms with E-state index in [9.17, 15) is 0 Å². The summed E-state index contributed by atoms with van der Waals surface area (Å²) in [6.07, 6.45) is 6.74. The van der Waals surface area contributed by atoms with Gasteiger partial charge in [0.1, 0.15) is 0 Å². The largest absolute Gasteiger partial charge is 0.383 e. The first-order valence-electron chi connectivity index (χ1n) is 6.78. The van der Waals surface area contributed by atoms with Gasteiger partial charge in [0.25, 0.3) is 0 Å². The first-order chi connectivity index (χ1) is 7.79. The normalized spacial score (nSPS) is 27.4. The van der Waals surface area contributed by atoms with Crippen molar-refractivity contribution >= 4 is 0 Å². The predicted octanol–water partition coefficient (Wildman–Crippen LogP) is 1.63. The van der Waals surface area contributed by atoms with Crippen LogP contribution in [-0.4, -0.2) is 49.8 Å². The Kier molecular flexibility index (Phi) is 4.22. The second kappa shape index (κ2) is 5.48. The van der Waals surface area contributed by atoms with Gasteiger partial charge in [-0.25, -0.2) is 0 Å². The minimum Gasteiger partial charge on any atom is -0.383 e. The summed E-state index contributed by atoms with van der Waals surface area (Å²) in [5.41, 5.74) is 0.444. The average molecular weight is 226 g/mol. The lowest BCUT2D eigenvalue weighted by molar-refractivity contribution is 0.0442. The van der Waals surface area contributed by atoms with Crippen molar-refractivity contribution in [3.63, 3.8) is 0 Å². The van der Waals surface area contributed by atoms with Crippen molar-refractivity contribution in [2.75, 3.05) is 33.4 Å². The van der Waals surface area contributed by atoms with Crippen LogP contribution >= 0.6 is 0 Å². The van der Waals surface area contributed by atoms with Gasteiger partial charge < -0.3 is 10.1 Å². The second-order valence-corrected chi connectivity index (χ2v) is 5.40. The number of rotatable bonds is 4. The fraction of sp³-hybridized carbons (Fsp3) is 1.00. The van der Waals surface area contributed by atoms with Crippen LogP contribution in [0.5, 0.6) is 0 Å². The lowest BCUT2D eigenvalue weighted by Gasteiger charge is -2.44. The standard InChI is InChI=1S/C13H26N2O/c1-3-12(10-16-2)15-9-8-14-13(11-15)6-4-5-7-13/h12,14H,3-11H2,1-2H3. The molecule has 1 aliphatic heterocycles. The molecular formula is C13H26N2O. The van der Waals surface area contributed by atoms with E-state index in [-0.39, 0.29) is 0 Å². The molecule has 0 aromatic heterocycles. The van der Waals surface area contributed by atoms with Crippen LogP contribution in [0.4, 0.5) is 0 Å². The smallest absolute Gasteiger partial charge is 0.0617 e. The highest BCUT2D eigenvalue weighted by atomic mass is 16.5. The zero-order valence-electron chi connectivity index (χ0n) is 10.8. The third-order valence-electron chi connectivity index (χ3n) is 4.31. The summed E-state index contributed by atoms with van der Waals surface area (Å²) in [4.78, 5) is 2.64. The van der Waals surface area contributed by atoms with E-state index in [1.54, 1.807) is 0 Å². The summed E-state index contributed by atoms with van der Waals surface area (Å²) in [5.74, 6) is 0. The van der Waals surface area contributed by atoms with Gasteiger partial charge in [-0.2, -0.15) is 0 Å². The predicted molar refractivity (Wildman–Crippen MR) is 66.7 cm³/mol. The Labute approximate surface area is 99.5 Å². The van der Waals surface area contributed by atoms with Crippen LogP contribution < -0.4 is 5.32 Å². The molecule has 0 radical (unpaired) electrons. The van der Waals surface area contributed by atoms with Gasteiger partial charge in [-0.1, -0.05) is 19.8 Å². The molecule has 3 nitrogen and oxygen atoms in total. The van der Waals surface area contributed by atoms with Gasteiger partial charge in [0, 0.05) is 38.3 Å². The summed E-state index contributed by atoms with van der Waals surface area (Å²) in [5, 5.41) is 3.76. The Morgan fingerprint density at radius 2 is 2.12 bits per heavy atom. The molecule has 1 aliphatic carbocycles. The van der Waals surface area contributed by atoms with Crippen LogP contribution in [0.25, 0.3) is 0 Å². The maximum atomic E-state index is 5.34. The highest BCUT2D eigenvalue weighted by Crippen LogP contribution is 2.32. The number of methoxy groups -OCH3 is 1. The molecule has 0 aromatic carbocycles. The summed E-state index contributed by atoms with van der Waals surface area (Å²) in [6, 6.07) is 0.615. The Balaban J connectivity index is 1.94. The van der Waals surface area contributed by atoms with E-state index in [1.807, 2.05) is 7.11 Å². The van der Waals surface area contributed by atoms with E-state index in [0.717, 1.165) is 13.2 Å². The third kappa shape index (κ3) is 2.58. The molecule has 94 valence electrons. The molecule has 1 N–H and O–H groups in total. The number of hydrogen-bond acceptors (Lipinski definition) is 3. The van der Waals surface area contributed by atoms with E-state index in [4.69, 9.17) is 4.74 Å². The molecule has 1 unspecified atom stereocenters. The Bertz CT molecular complexity index is 214. The van der Waals surface area contributed by atoms with Crippen LogP contribution in [0.1, 0.15) is 39.0 Å². The maximum Gasteiger partial charge on any atom is 0.0617 e. The Hall–Kier alpha value is -0.120. The summed E-state index contributed by atoms with van der Waals surface area (Å²) in [6.45, 7) is 6.72. The summed E-state index contributed by atoms with van der Waals surface area (Å²) >= 11 is 0. The maximum absolute atomic E-state index is 5.34. The quantitative estimate of drug-likeness (QED) is 0.788. The van der Waals surface area contributed by atoms with Crippen molar-refractivity contribution in [3.05, 3.63) is 0 Å². The molecule has 2 rings (SSSR count). The summed E-state index contributed by atoms with van der Waals surface area (Å²) in [7, 11) is 1.82. The van der Waals surface area contributed by atoms with Gasteiger partial charge in [0.2, 0.25) is 0 Å². The van der Waals surface area contributed by atoms with E-state index in [1.165, 1.54) is 45.2 Å². The number of hydrogen-bond donors (Lipinski definition) is 1. The van der Waals surface area contributed by atoms with E-state index >= 15 is 0 Å². The van der Waals surface area contributed by atoms with Gasteiger partial charge >= 0.3 is 0 Å². The van der Waals surface area contributed by atoms with Crippen LogP contribution in [-0.2, 0) is 4.74 Å².